The molecular formula is C15H18ClN3O2S. The molecule has 0 aliphatic carbocycles. The van der Waals surface area contributed by atoms with Crippen LogP contribution in [0, 0.1) is 6.92 Å². The molecule has 3 rings (SSSR count). The van der Waals surface area contributed by atoms with Gasteiger partial charge >= 0.3 is 0 Å². The topological polar surface area (TPSA) is 49.6 Å². The Morgan fingerprint density at radius 2 is 2.27 bits per heavy atom. The third-order valence-electron chi connectivity index (χ3n) is 3.75. The number of thiophene rings is 1. The van der Waals surface area contributed by atoms with E-state index in [1.165, 1.54) is 11.3 Å². The van der Waals surface area contributed by atoms with Crippen molar-refractivity contribution in [3.8, 4) is 0 Å². The van der Waals surface area contributed by atoms with Gasteiger partial charge < -0.3 is 9.42 Å². The van der Waals surface area contributed by atoms with Crippen LogP contribution in [0.2, 0.25) is 5.02 Å². The van der Waals surface area contributed by atoms with Gasteiger partial charge in [0, 0.05) is 38.8 Å². The van der Waals surface area contributed by atoms with Gasteiger partial charge in [-0.05, 0) is 24.8 Å². The van der Waals surface area contributed by atoms with E-state index >= 15 is 0 Å². The predicted octanol–water partition coefficient (Wildman–Crippen LogP) is 3.05. The normalized spacial score (nSPS) is 16.7. The monoisotopic (exact) mass is 339 g/mol. The predicted molar refractivity (Wildman–Crippen MR) is 86.4 cm³/mol. The molecule has 1 saturated heterocycles. The number of hydrogen-bond donors (Lipinski definition) is 0. The van der Waals surface area contributed by atoms with Gasteiger partial charge in [-0.15, -0.1) is 11.3 Å². The summed E-state index contributed by atoms with van der Waals surface area (Å²) >= 11 is 7.47. The molecule has 1 amide bonds. The fraction of sp³-hybridized carbons (Fsp3) is 0.467. The quantitative estimate of drug-likeness (QED) is 0.862. The maximum atomic E-state index is 12.5. The Labute approximate surface area is 138 Å². The maximum Gasteiger partial charge on any atom is 0.265 e. The fourth-order valence-electron chi connectivity index (χ4n) is 2.64. The number of nitrogens with zero attached hydrogens (tertiary/aromatic N) is 3. The molecule has 5 nitrogen and oxygen atoms in total. The minimum absolute atomic E-state index is 0.0409. The molecule has 7 heteroatoms. The second-order valence-electron chi connectivity index (χ2n) is 5.45. The molecule has 0 N–H and O–H groups in total. The lowest BCUT2D eigenvalue weighted by atomic mass is 10.3. The highest BCUT2D eigenvalue weighted by molar-refractivity contribution is 7.12. The van der Waals surface area contributed by atoms with Crippen molar-refractivity contribution in [2.45, 2.75) is 19.9 Å². The van der Waals surface area contributed by atoms with Crippen LogP contribution >= 0.6 is 22.9 Å². The lowest BCUT2D eigenvalue weighted by molar-refractivity contribution is 0.0766. The van der Waals surface area contributed by atoms with E-state index in [4.69, 9.17) is 16.1 Å². The summed E-state index contributed by atoms with van der Waals surface area (Å²) in [6.07, 6.45) is 0.950. The molecule has 1 aliphatic heterocycles. The molecule has 0 unspecified atom stereocenters. The van der Waals surface area contributed by atoms with Crippen molar-refractivity contribution in [3.63, 3.8) is 0 Å². The summed E-state index contributed by atoms with van der Waals surface area (Å²) in [6, 6.07) is 3.73. The molecule has 1 aliphatic rings. The third-order valence-corrected chi connectivity index (χ3v) is 5.08. The summed E-state index contributed by atoms with van der Waals surface area (Å²) in [4.78, 5) is 17.4. The van der Waals surface area contributed by atoms with Crippen molar-refractivity contribution < 1.29 is 9.32 Å². The van der Waals surface area contributed by atoms with E-state index in [1.807, 2.05) is 23.3 Å². The lowest BCUT2D eigenvalue weighted by Gasteiger charge is -2.21. The zero-order chi connectivity index (χ0) is 15.5. The van der Waals surface area contributed by atoms with Crippen molar-refractivity contribution in [2.75, 3.05) is 26.2 Å². The van der Waals surface area contributed by atoms with Crippen LogP contribution in [0.25, 0.3) is 0 Å². The van der Waals surface area contributed by atoms with Gasteiger partial charge in [0.05, 0.1) is 10.7 Å². The lowest BCUT2D eigenvalue weighted by Crippen LogP contribution is -2.34. The first-order chi connectivity index (χ1) is 10.6. The minimum Gasteiger partial charge on any atom is -0.361 e. The van der Waals surface area contributed by atoms with E-state index in [9.17, 15) is 4.79 Å². The first kappa shape index (κ1) is 15.5. The standard InChI is InChI=1S/C15H18ClN3O2S/c1-11-9-12(17-21-11)10-18-4-2-5-19(7-6-18)15(20)14-13(16)3-8-22-14/h3,8-9H,2,4-7,10H2,1H3. The number of carbonyl (C=O) groups excluding carboxylic acids is 1. The highest BCUT2D eigenvalue weighted by atomic mass is 35.5. The van der Waals surface area contributed by atoms with Crippen LogP contribution in [-0.4, -0.2) is 47.0 Å². The molecule has 0 spiro atoms. The number of halogens is 1. The molecule has 2 aromatic heterocycles. The van der Waals surface area contributed by atoms with Crippen LogP contribution in [0.15, 0.2) is 22.0 Å². The van der Waals surface area contributed by atoms with E-state index in [0.717, 1.165) is 44.1 Å². The number of carbonyl (C=O) groups is 1. The maximum absolute atomic E-state index is 12.5. The van der Waals surface area contributed by atoms with Gasteiger partial charge in [-0.2, -0.15) is 0 Å². The Hall–Kier alpha value is -1.37. The largest absolute Gasteiger partial charge is 0.361 e. The van der Waals surface area contributed by atoms with Gasteiger partial charge in [0.25, 0.3) is 5.91 Å². The third kappa shape index (κ3) is 3.51. The number of aryl methyl sites for hydroxylation is 1. The summed E-state index contributed by atoms with van der Waals surface area (Å²) in [6.45, 7) is 5.92. The molecule has 0 atom stereocenters. The van der Waals surface area contributed by atoms with Crippen LogP contribution < -0.4 is 0 Å². The smallest absolute Gasteiger partial charge is 0.265 e. The van der Waals surface area contributed by atoms with Crippen LogP contribution in [-0.2, 0) is 6.54 Å². The zero-order valence-corrected chi connectivity index (χ0v) is 14.0. The Bertz CT molecular complexity index is 655. The van der Waals surface area contributed by atoms with Gasteiger partial charge in [-0.25, -0.2) is 0 Å². The summed E-state index contributed by atoms with van der Waals surface area (Å²) in [5, 5.41) is 6.44. The van der Waals surface area contributed by atoms with Gasteiger partial charge in [0.15, 0.2) is 0 Å². The van der Waals surface area contributed by atoms with Gasteiger partial charge in [0.2, 0.25) is 0 Å². The minimum atomic E-state index is 0.0409. The summed E-state index contributed by atoms with van der Waals surface area (Å²) in [7, 11) is 0. The molecule has 1 fully saturated rings. The van der Waals surface area contributed by atoms with Crippen molar-refractivity contribution >= 4 is 28.8 Å². The van der Waals surface area contributed by atoms with Crippen LogP contribution in [0.5, 0.6) is 0 Å². The number of amides is 1. The van der Waals surface area contributed by atoms with Gasteiger partial charge in [-0.1, -0.05) is 16.8 Å². The van der Waals surface area contributed by atoms with E-state index in [-0.39, 0.29) is 5.91 Å². The highest BCUT2D eigenvalue weighted by Crippen LogP contribution is 2.24. The first-order valence-electron chi connectivity index (χ1n) is 7.30. The highest BCUT2D eigenvalue weighted by Gasteiger charge is 2.23. The first-order valence-corrected chi connectivity index (χ1v) is 8.56. The van der Waals surface area contributed by atoms with E-state index in [1.54, 1.807) is 6.07 Å². The van der Waals surface area contributed by atoms with E-state index in [0.29, 0.717) is 16.4 Å². The second kappa shape index (κ2) is 6.81. The molecule has 0 saturated carbocycles. The molecular weight excluding hydrogens is 322 g/mol. The molecule has 0 bridgehead atoms. The number of hydrogen-bond acceptors (Lipinski definition) is 5. The molecule has 0 radical (unpaired) electrons. The van der Waals surface area contributed by atoms with Crippen molar-refractivity contribution in [2.24, 2.45) is 0 Å². The van der Waals surface area contributed by atoms with Crippen molar-refractivity contribution in [1.82, 2.24) is 15.0 Å². The Morgan fingerprint density at radius 3 is 2.95 bits per heavy atom. The SMILES string of the molecule is Cc1cc(CN2CCCN(C(=O)c3sccc3Cl)CC2)no1. The molecule has 2 aromatic rings. The van der Waals surface area contributed by atoms with Gasteiger partial charge in [0.1, 0.15) is 10.6 Å². The van der Waals surface area contributed by atoms with E-state index < -0.39 is 0 Å². The summed E-state index contributed by atoms with van der Waals surface area (Å²) < 4.78 is 5.10. The van der Waals surface area contributed by atoms with Crippen LogP contribution in [0.4, 0.5) is 0 Å². The second-order valence-corrected chi connectivity index (χ2v) is 6.77. The summed E-state index contributed by atoms with van der Waals surface area (Å²) in [5.41, 5.74) is 0.943. The summed E-state index contributed by atoms with van der Waals surface area (Å²) in [5.74, 6) is 0.869. The van der Waals surface area contributed by atoms with Crippen molar-refractivity contribution in [3.05, 3.63) is 38.9 Å². The average molecular weight is 340 g/mol. The number of aromatic nitrogens is 1. The van der Waals surface area contributed by atoms with Gasteiger partial charge in [-0.3, -0.25) is 9.69 Å². The van der Waals surface area contributed by atoms with Crippen LogP contribution in [0.3, 0.4) is 0 Å². The molecule has 118 valence electrons. The zero-order valence-electron chi connectivity index (χ0n) is 12.4. The average Bonchev–Trinajstić information content (AvgIpc) is 3.02. The Balaban J connectivity index is 1.60. The Kier molecular flexibility index (Phi) is 4.81. The Morgan fingerprint density at radius 1 is 1.41 bits per heavy atom. The van der Waals surface area contributed by atoms with Crippen LogP contribution in [0.1, 0.15) is 27.5 Å². The van der Waals surface area contributed by atoms with E-state index in [2.05, 4.69) is 10.1 Å². The molecule has 3 heterocycles. The number of rotatable bonds is 3. The molecule has 0 aromatic carbocycles. The van der Waals surface area contributed by atoms with Crippen molar-refractivity contribution in [1.29, 1.82) is 0 Å². The molecule has 22 heavy (non-hydrogen) atoms. The fourth-order valence-corrected chi connectivity index (χ4v) is 3.75.